The van der Waals surface area contributed by atoms with Crippen LogP contribution >= 0.6 is 0 Å². The van der Waals surface area contributed by atoms with Crippen LogP contribution in [-0.2, 0) is 19.5 Å². The maximum atomic E-state index is 3.44. The summed E-state index contributed by atoms with van der Waals surface area (Å²) in [6, 6.07) is 0. The molecule has 119 valence electrons. The quantitative estimate of drug-likeness (QED) is 0.349. The Morgan fingerprint density at radius 3 is 0.857 bits per heavy atom. The van der Waals surface area contributed by atoms with Crippen molar-refractivity contribution in [3.8, 4) is 0 Å². The van der Waals surface area contributed by atoms with E-state index >= 15 is 0 Å². The van der Waals surface area contributed by atoms with E-state index in [-0.39, 0.29) is 30.3 Å². The van der Waals surface area contributed by atoms with Crippen molar-refractivity contribution >= 4 is 0 Å². The second-order valence-corrected chi connectivity index (χ2v) is 7.25. The van der Waals surface area contributed by atoms with Gasteiger partial charge in [0.15, 0.2) is 0 Å². The predicted octanol–water partition coefficient (Wildman–Crippen LogP) is 6.22. The minimum atomic E-state index is 0. The molecular formula is C20H30Rh. The number of rotatable bonds is 0. The Morgan fingerprint density at radius 1 is 0.571 bits per heavy atom. The van der Waals surface area contributed by atoms with Gasteiger partial charge in [0.05, 0.1) is 0 Å². The van der Waals surface area contributed by atoms with E-state index in [2.05, 4.69) is 81.4 Å². The summed E-state index contributed by atoms with van der Waals surface area (Å²) in [4.78, 5) is 0. The zero-order valence-electron chi connectivity index (χ0n) is 15.3. The first-order valence-electron chi connectivity index (χ1n) is 7.50. The Hall–Kier alpha value is -0.417. The van der Waals surface area contributed by atoms with Gasteiger partial charge in [-0.1, -0.05) is 66.2 Å². The molecule has 0 fully saturated rings. The zero-order valence-corrected chi connectivity index (χ0v) is 17.0. The van der Waals surface area contributed by atoms with Crippen LogP contribution in [0.4, 0.5) is 0 Å². The molecule has 2 aliphatic rings. The molecular weight excluding hydrogens is 343 g/mol. The molecule has 1 heteroatoms. The Labute approximate surface area is 145 Å². The summed E-state index contributed by atoms with van der Waals surface area (Å²) in [5.41, 5.74) is 8.79. The third kappa shape index (κ3) is 4.29. The zero-order chi connectivity index (χ0) is 15.9. The van der Waals surface area contributed by atoms with Crippen molar-refractivity contribution in [1.29, 1.82) is 0 Å². The normalized spacial score (nSPS) is 22.4. The van der Waals surface area contributed by atoms with Gasteiger partial charge in [0.2, 0.25) is 0 Å². The SMILES string of the molecule is CC1=[C-]C(C)(C)C(C)=C1C.CC1=[C-]C(C)(C)C(C)=C1C.[Rh+2]. The molecule has 0 aromatic carbocycles. The molecule has 0 aromatic rings. The molecule has 2 aliphatic carbocycles. The second kappa shape index (κ2) is 6.78. The van der Waals surface area contributed by atoms with Gasteiger partial charge in [-0.3, -0.25) is 12.2 Å². The summed E-state index contributed by atoms with van der Waals surface area (Å²) in [5, 5.41) is 0. The van der Waals surface area contributed by atoms with Crippen molar-refractivity contribution in [2.75, 3.05) is 0 Å². The largest absolute Gasteiger partial charge is 2.00 e. The molecule has 0 spiro atoms. The van der Waals surface area contributed by atoms with Crippen LogP contribution in [0.1, 0.15) is 69.2 Å². The predicted molar refractivity (Wildman–Crippen MR) is 89.2 cm³/mol. The number of allylic oxidation sites excluding steroid dienone is 8. The molecule has 0 aliphatic heterocycles. The molecule has 0 aromatic heterocycles. The van der Waals surface area contributed by atoms with E-state index in [9.17, 15) is 0 Å². The Kier molecular flexibility index (Phi) is 6.65. The van der Waals surface area contributed by atoms with Gasteiger partial charge in [0, 0.05) is 0 Å². The molecule has 0 heterocycles. The third-order valence-corrected chi connectivity index (χ3v) is 5.12. The van der Waals surface area contributed by atoms with E-state index in [1.807, 2.05) is 0 Å². The fraction of sp³-hybridized carbons (Fsp3) is 0.600. The Balaban J connectivity index is 0.000000364. The van der Waals surface area contributed by atoms with Gasteiger partial charge in [0.1, 0.15) is 0 Å². The molecule has 0 atom stereocenters. The maximum Gasteiger partial charge on any atom is 2.00 e. The fourth-order valence-corrected chi connectivity index (χ4v) is 2.81. The molecule has 1 radical (unpaired) electrons. The van der Waals surface area contributed by atoms with E-state index < -0.39 is 0 Å². The van der Waals surface area contributed by atoms with Gasteiger partial charge in [-0.2, -0.15) is 22.3 Å². The summed E-state index contributed by atoms with van der Waals surface area (Å²) in [6.45, 7) is 21.8. The molecule has 0 bridgehead atoms. The van der Waals surface area contributed by atoms with Crippen molar-refractivity contribution in [2.45, 2.75) is 69.2 Å². The first kappa shape index (κ1) is 20.6. The third-order valence-electron chi connectivity index (χ3n) is 5.12. The van der Waals surface area contributed by atoms with Gasteiger partial charge in [-0.15, -0.1) is 13.8 Å². The smallest absolute Gasteiger partial charge is 0.263 e. The van der Waals surface area contributed by atoms with Crippen LogP contribution < -0.4 is 0 Å². The van der Waals surface area contributed by atoms with E-state index in [1.54, 1.807) is 0 Å². The van der Waals surface area contributed by atoms with Crippen molar-refractivity contribution < 1.29 is 19.5 Å². The van der Waals surface area contributed by atoms with Gasteiger partial charge < -0.3 is 0 Å². The van der Waals surface area contributed by atoms with Crippen molar-refractivity contribution in [1.82, 2.24) is 0 Å². The first-order chi connectivity index (χ1) is 8.90. The molecule has 0 saturated heterocycles. The van der Waals surface area contributed by atoms with Gasteiger partial charge in [0.25, 0.3) is 0 Å². The monoisotopic (exact) mass is 373 g/mol. The van der Waals surface area contributed by atoms with Crippen LogP contribution in [0, 0.1) is 23.0 Å². The Morgan fingerprint density at radius 2 is 0.810 bits per heavy atom. The summed E-state index contributed by atoms with van der Waals surface area (Å²) in [5.74, 6) is 0. The molecule has 0 saturated carbocycles. The topological polar surface area (TPSA) is 0 Å². The van der Waals surface area contributed by atoms with Crippen LogP contribution in [0.25, 0.3) is 0 Å². The van der Waals surface area contributed by atoms with Gasteiger partial charge in [-0.05, 0) is 0 Å². The van der Waals surface area contributed by atoms with E-state index in [0.29, 0.717) is 0 Å². The summed E-state index contributed by atoms with van der Waals surface area (Å²) < 4.78 is 0. The van der Waals surface area contributed by atoms with Crippen molar-refractivity contribution in [2.24, 2.45) is 10.8 Å². The van der Waals surface area contributed by atoms with Crippen LogP contribution in [0.3, 0.4) is 0 Å². The number of hydrogen-bond acceptors (Lipinski definition) is 0. The van der Waals surface area contributed by atoms with Crippen molar-refractivity contribution in [3.63, 3.8) is 0 Å². The first-order valence-corrected chi connectivity index (χ1v) is 7.50. The van der Waals surface area contributed by atoms with E-state index in [0.717, 1.165) is 0 Å². The molecule has 2 rings (SSSR count). The van der Waals surface area contributed by atoms with Crippen LogP contribution in [0.5, 0.6) is 0 Å². The van der Waals surface area contributed by atoms with E-state index in [4.69, 9.17) is 0 Å². The Bertz CT molecular complexity index is 484. The average Bonchev–Trinajstić information content (AvgIpc) is 2.60. The van der Waals surface area contributed by atoms with Crippen LogP contribution in [-0.4, -0.2) is 0 Å². The molecule has 0 nitrogen and oxygen atoms in total. The summed E-state index contributed by atoms with van der Waals surface area (Å²) in [7, 11) is 0. The van der Waals surface area contributed by atoms with Crippen molar-refractivity contribution in [3.05, 3.63) is 45.6 Å². The van der Waals surface area contributed by atoms with Crippen LogP contribution in [0.2, 0.25) is 0 Å². The van der Waals surface area contributed by atoms with Gasteiger partial charge >= 0.3 is 19.5 Å². The minimum absolute atomic E-state index is 0. The molecule has 0 N–H and O–H groups in total. The molecule has 0 unspecified atom stereocenters. The fourth-order valence-electron chi connectivity index (χ4n) is 2.81. The maximum absolute atomic E-state index is 3.44. The second-order valence-electron chi connectivity index (χ2n) is 7.25. The van der Waals surface area contributed by atoms with Crippen LogP contribution in [0.15, 0.2) is 33.4 Å². The standard InChI is InChI=1S/2C10H15.Rh/c2*1-7-6-10(4,5)9(3)8(7)2;/h2*1-5H3;/q2*-1;+2. The minimum Gasteiger partial charge on any atom is -0.263 e. The summed E-state index contributed by atoms with van der Waals surface area (Å²) >= 11 is 0. The molecule has 21 heavy (non-hydrogen) atoms. The number of hydrogen-bond donors (Lipinski definition) is 0. The van der Waals surface area contributed by atoms with E-state index in [1.165, 1.54) is 33.4 Å². The molecule has 0 amide bonds. The van der Waals surface area contributed by atoms with Gasteiger partial charge in [-0.25, -0.2) is 11.1 Å². The summed E-state index contributed by atoms with van der Waals surface area (Å²) in [6.07, 6.45) is 6.87. The average molecular weight is 373 g/mol.